The van der Waals surface area contributed by atoms with Crippen LogP contribution in [-0.4, -0.2) is 37.5 Å². The molecule has 1 fully saturated rings. The van der Waals surface area contributed by atoms with Crippen LogP contribution in [0.3, 0.4) is 0 Å². The number of carbonyl (C=O) groups is 1. The number of hydrogen-bond donors (Lipinski definition) is 2. The van der Waals surface area contributed by atoms with E-state index in [4.69, 9.17) is 0 Å². The number of benzene rings is 1. The highest BCUT2D eigenvalue weighted by Gasteiger charge is 2.30. The molecule has 0 aliphatic carbocycles. The normalized spacial score (nSPS) is 24.1. The van der Waals surface area contributed by atoms with Crippen molar-refractivity contribution in [1.29, 1.82) is 0 Å². The molecule has 0 aromatic heterocycles. The van der Waals surface area contributed by atoms with Crippen LogP contribution < -0.4 is 10.6 Å². The first-order valence-electron chi connectivity index (χ1n) is 8.03. The molecule has 2 N–H and O–H groups in total. The summed E-state index contributed by atoms with van der Waals surface area (Å²) in [5, 5.41) is 6.31. The molecule has 1 unspecified atom stereocenters. The van der Waals surface area contributed by atoms with Gasteiger partial charge in [-0.3, -0.25) is 9.69 Å². The van der Waals surface area contributed by atoms with Crippen LogP contribution in [-0.2, 0) is 11.3 Å². The van der Waals surface area contributed by atoms with Crippen molar-refractivity contribution in [2.45, 2.75) is 31.8 Å². The van der Waals surface area contributed by atoms with Crippen molar-refractivity contribution in [3.8, 4) is 0 Å². The van der Waals surface area contributed by atoms with E-state index in [0.717, 1.165) is 45.4 Å². The Labute approximate surface area is 126 Å². The van der Waals surface area contributed by atoms with Gasteiger partial charge in [0.05, 0.1) is 0 Å². The van der Waals surface area contributed by atoms with Crippen LogP contribution in [0.15, 0.2) is 24.3 Å². The monoisotopic (exact) mass is 287 g/mol. The highest BCUT2D eigenvalue weighted by molar-refractivity contribution is 5.78. The number of hydrogen-bond acceptors (Lipinski definition) is 3. The molecule has 114 valence electrons. The van der Waals surface area contributed by atoms with E-state index < -0.39 is 0 Å². The van der Waals surface area contributed by atoms with Crippen LogP contribution in [0.4, 0.5) is 0 Å². The molecule has 1 amide bonds. The molecule has 1 aromatic rings. The van der Waals surface area contributed by atoms with E-state index in [2.05, 4.69) is 39.8 Å². The summed E-state index contributed by atoms with van der Waals surface area (Å²) in [5.74, 6) is 0.406. The summed E-state index contributed by atoms with van der Waals surface area (Å²) in [7, 11) is 1.74. The Hall–Kier alpha value is -1.39. The second-order valence-electron chi connectivity index (χ2n) is 6.10. The zero-order valence-electron chi connectivity index (χ0n) is 12.8. The van der Waals surface area contributed by atoms with Crippen molar-refractivity contribution in [3.63, 3.8) is 0 Å². The van der Waals surface area contributed by atoms with Gasteiger partial charge in [0, 0.05) is 25.6 Å². The molecule has 4 heteroatoms. The zero-order chi connectivity index (χ0) is 14.7. The van der Waals surface area contributed by atoms with Crippen LogP contribution in [0.1, 0.15) is 36.4 Å². The third kappa shape index (κ3) is 3.11. The number of piperidine rings is 1. The number of fused-ring (bicyclic) bond motifs is 1. The van der Waals surface area contributed by atoms with Crippen LogP contribution >= 0.6 is 0 Å². The number of amides is 1. The van der Waals surface area contributed by atoms with E-state index in [0.29, 0.717) is 6.04 Å². The fourth-order valence-electron chi connectivity index (χ4n) is 3.69. The average Bonchev–Trinajstić information content (AvgIpc) is 2.77. The Morgan fingerprint density at radius 2 is 2.00 bits per heavy atom. The minimum atomic E-state index is 0.199. The minimum Gasteiger partial charge on any atom is -0.359 e. The molecule has 2 heterocycles. The SMILES string of the molecule is CNC(=O)C1CCN(C2CCNCc3ccccc32)CC1. The predicted molar refractivity (Wildman–Crippen MR) is 83.9 cm³/mol. The second kappa shape index (κ2) is 6.58. The molecule has 2 aliphatic rings. The Morgan fingerprint density at radius 1 is 1.24 bits per heavy atom. The second-order valence-corrected chi connectivity index (χ2v) is 6.10. The topological polar surface area (TPSA) is 44.4 Å². The van der Waals surface area contributed by atoms with Crippen molar-refractivity contribution >= 4 is 5.91 Å². The highest BCUT2D eigenvalue weighted by atomic mass is 16.1. The molecule has 0 spiro atoms. The summed E-state index contributed by atoms with van der Waals surface area (Å²) >= 11 is 0. The first-order chi connectivity index (χ1) is 10.3. The molecule has 0 radical (unpaired) electrons. The zero-order valence-corrected chi connectivity index (χ0v) is 12.8. The van der Waals surface area contributed by atoms with Gasteiger partial charge in [-0.05, 0) is 50.0 Å². The van der Waals surface area contributed by atoms with Gasteiger partial charge in [-0.25, -0.2) is 0 Å². The summed E-state index contributed by atoms with van der Waals surface area (Å²) in [6, 6.07) is 9.28. The van der Waals surface area contributed by atoms with E-state index in [9.17, 15) is 4.79 Å². The summed E-state index contributed by atoms with van der Waals surface area (Å²) in [6.07, 6.45) is 3.11. The first-order valence-corrected chi connectivity index (χ1v) is 8.03. The molecule has 4 nitrogen and oxygen atoms in total. The van der Waals surface area contributed by atoms with Gasteiger partial charge in [0.15, 0.2) is 0 Å². The van der Waals surface area contributed by atoms with E-state index in [1.807, 2.05) is 0 Å². The number of carbonyl (C=O) groups excluding carboxylic acids is 1. The Kier molecular flexibility index (Phi) is 4.56. The van der Waals surface area contributed by atoms with Crippen LogP contribution in [0, 0.1) is 5.92 Å². The van der Waals surface area contributed by atoms with Gasteiger partial charge in [0.1, 0.15) is 0 Å². The van der Waals surface area contributed by atoms with E-state index in [1.54, 1.807) is 7.05 Å². The van der Waals surface area contributed by atoms with Gasteiger partial charge < -0.3 is 10.6 Å². The maximum absolute atomic E-state index is 11.8. The Morgan fingerprint density at radius 3 is 2.76 bits per heavy atom. The fraction of sp³-hybridized carbons (Fsp3) is 0.588. The molecule has 1 aromatic carbocycles. The predicted octanol–water partition coefficient (Wildman–Crippen LogP) is 1.68. The average molecular weight is 287 g/mol. The van der Waals surface area contributed by atoms with Gasteiger partial charge >= 0.3 is 0 Å². The maximum Gasteiger partial charge on any atom is 0.222 e. The van der Waals surface area contributed by atoms with Gasteiger partial charge in [0.2, 0.25) is 5.91 Å². The Bertz CT molecular complexity index is 495. The molecule has 3 rings (SSSR count). The fourth-order valence-corrected chi connectivity index (χ4v) is 3.69. The standard InChI is InChI=1S/C17H25N3O/c1-18-17(21)13-7-10-20(11-8-13)16-6-9-19-12-14-4-2-3-5-15(14)16/h2-5,13,16,19H,6-12H2,1H3,(H,18,21). The summed E-state index contributed by atoms with van der Waals surface area (Å²) in [5.41, 5.74) is 2.90. The van der Waals surface area contributed by atoms with Crippen molar-refractivity contribution in [1.82, 2.24) is 15.5 Å². The lowest BCUT2D eigenvalue weighted by Crippen LogP contribution is -2.41. The lowest BCUT2D eigenvalue weighted by Gasteiger charge is -2.37. The molecule has 0 bridgehead atoms. The maximum atomic E-state index is 11.8. The van der Waals surface area contributed by atoms with E-state index in [1.165, 1.54) is 11.1 Å². The number of nitrogens with one attached hydrogen (secondary N) is 2. The Balaban J connectivity index is 1.72. The van der Waals surface area contributed by atoms with Crippen LogP contribution in [0.5, 0.6) is 0 Å². The largest absolute Gasteiger partial charge is 0.359 e. The molecular formula is C17H25N3O. The van der Waals surface area contributed by atoms with Gasteiger partial charge in [-0.15, -0.1) is 0 Å². The molecule has 2 aliphatic heterocycles. The molecule has 1 saturated heterocycles. The van der Waals surface area contributed by atoms with E-state index in [-0.39, 0.29) is 11.8 Å². The highest BCUT2D eigenvalue weighted by Crippen LogP contribution is 2.32. The molecule has 21 heavy (non-hydrogen) atoms. The summed E-state index contributed by atoms with van der Waals surface area (Å²) in [6.45, 7) is 4.09. The van der Waals surface area contributed by atoms with Crippen molar-refractivity contribution in [3.05, 3.63) is 35.4 Å². The summed E-state index contributed by atoms with van der Waals surface area (Å²) < 4.78 is 0. The molecular weight excluding hydrogens is 262 g/mol. The van der Waals surface area contributed by atoms with Crippen LogP contribution in [0.25, 0.3) is 0 Å². The minimum absolute atomic E-state index is 0.199. The molecule has 1 atom stereocenters. The lowest BCUT2D eigenvalue weighted by molar-refractivity contribution is -0.126. The van der Waals surface area contributed by atoms with Gasteiger partial charge in [-0.2, -0.15) is 0 Å². The number of nitrogens with zero attached hydrogens (tertiary/aromatic N) is 1. The summed E-state index contributed by atoms with van der Waals surface area (Å²) in [4.78, 5) is 14.3. The number of rotatable bonds is 2. The third-order valence-electron chi connectivity index (χ3n) is 4.91. The van der Waals surface area contributed by atoms with Crippen molar-refractivity contribution < 1.29 is 4.79 Å². The van der Waals surface area contributed by atoms with Crippen molar-refractivity contribution in [2.75, 3.05) is 26.7 Å². The first kappa shape index (κ1) is 14.5. The third-order valence-corrected chi connectivity index (χ3v) is 4.91. The molecule has 0 saturated carbocycles. The van der Waals surface area contributed by atoms with Gasteiger partial charge in [0.25, 0.3) is 0 Å². The van der Waals surface area contributed by atoms with Crippen LogP contribution in [0.2, 0.25) is 0 Å². The number of likely N-dealkylation sites (tertiary alicyclic amines) is 1. The smallest absolute Gasteiger partial charge is 0.222 e. The van der Waals surface area contributed by atoms with E-state index >= 15 is 0 Å². The quantitative estimate of drug-likeness (QED) is 0.870. The lowest BCUT2D eigenvalue weighted by atomic mass is 9.91. The van der Waals surface area contributed by atoms with Crippen molar-refractivity contribution in [2.24, 2.45) is 5.92 Å². The van der Waals surface area contributed by atoms with Gasteiger partial charge in [-0.1, -0.05) is 24.3 Å².